The molecule has 1 aliphatic rings. The van der Waals surface area contributed by atoms with Crippen molar-refractivity contribution in [2.24, 2.45) is 0 Å². The van der Waals surface area contributed by atoms with Crippen LogP contribution in [0.4, 0.5) is 11.6 Å². The monoisotopic (exact) mass is 441 g/mol. The quantitative estimate of drug-likeness (QED) is 0.596. The van der Waals surface area contributed by atoms with Crippen LogP contribution in [-0.4, -0.2) is 60.2 Å². The van der Waals surface area contributed by atoms with Crippen molar-refractivity contribution >= 4 is 21.7 Å². The van der Waals surface area contributed by atoms with Crippen molar-refractivity contribution in [3.8, 4) is 22.8 Å². The number of hydrogen-bond acceptors (Lipinski definition) is 8. The number of anilines is 2. The van der Waals surface area contributed by atoms with E-state index in [-0.39, 0.29) is 6.10 Å². The molecular weight excluding hydrogens is 418 g/mol. The molecule has 1 saturated heterocycles. The second-order valence-electron chi connectivity index (χ2n) is 7.14. The number of aromatic nitrogens is 3. The molecule has 3 heterocycles. The number of benzene rings is 1. The van der Waals surface area contributed by atoms with Gasteiger partial charge in [0.2, 0.25) is 16.0 Å². The Balaban J connectivity index is 1.48. The average Bonchev–Trinajstić information content (AvgIpc) is 3.25. The molecule has 1 fully saturated rings. The molecule has 31 heavy (non-hydrogen) atoms. The molecule has 10 heteroatoms. The topological polar surface area (TPSA) is 107 Å². The Morgan fingerprint density at radius 2 is 2.06 bits per heavy atom. The van der Waals surface area contributed by atoms with E-state index in [0.29, 0.717) is 42.6 Å². The first kappa shape index (κ1) is 21.0. The van der Waals surface area contributed by atoms with E-state index in [1.165, 1.54) is 10.6 Å². The molecule has 0 spiro atoms. The lowest BCUT2D eigenvalue weighted by Gasteiger charge is -2.17. The molecule has 1 atom stereocenters. The Bertz CT molecular complexity index is 1160. The van der Waals surface area contributed by atoms with E-state index in [1.807, 2.05) is 24.3 Å². The van der Waals surface area contributed by atoms with Crippen molar-refractivity contribution in [3.05, 3.63) is 55.0 Å². The summed E-state index contributed by atoms with van der Waals surface area (Å²) >= 11 is 0. The second-order valence-corrected chi connectivity index (χ2v) is 9.13. The number of sulfonamides is 1. The van der Waals surface area contributed by atoms with Gasteiger partial charge in [0.25, 0.3) is 0 Å². The summed E-state index contributed by atoms with van der Waals surface area (Å²) in [4.78, 5) is 12.9. The minimum Gasteiger partial charge on any atom is -0.494 e. The molecule has 3 aromatic rings. The summed E-state index contributed by atoms with van der Waals surface area (Å²) in [7, 11) is -1.64. The van der Waals surface area contributed by atoms with Crippen molar-refractivity contribution in [2.75, 3.05) is 31.8 Å². The highest BCUT2D eigenvalue weighted by Crippen LogP contribution is 2.32. The van der Waals surface area contributed by atoms with E-state index >= 15 is 0 Å². The first-order valence-electron chi connectivity index (χ1n) is 9.72. The molecule has 1 N–H and O–H groups in total. The Morgan fingerprint density at radius 3 is 2.77 bits per heavy atom. The third-order valence-electron chi connectivity index (χ3n) is 4.91. The number of ether oxygens (including phenoxy) is 2. The molecule has 4 rings (SSSR count). The van der Waals surface area contributed by atoms with Crippen LogP contribution in [0.5, 0.6) is 11.5 Å². The number of methoxy groups -OCH3 is 1. The van der Waals surface area contributed by atoms with E-state index in [4.69, 9.17) is 9.47 Å². The molecule has 0 unspecified atom stereocenters. The van der Waals surface area contributed by atoms with Crippen LogP contribution in [0.15, 0.2) is 55.0 Å². The van der Waals surface area contributed by atoms with Gasteiger partial charge in [-0.1, -0.05) is 0 Å². The zero-order valence-electron chi connectivity index (χ0n) is 17.2. The highest BCUT2D eigenvalue weighted by molar-refractivity contribution is 7.88. The van der Waals surface area contributed by atoms with Gasteiger partial charge in [-0.2, -0.15) is 4.31 Å². The van der Waals surface area contributed by atoms with Gasteiger partial charge in [0, 0.05) is 36.8 Å². The lowest BCUT2D eigenvalue weighted by atomic mass is 10.2. The van der Waals surface area contributed by atoms with Crippen molar-refractivity contribution in [2.45, 2.75) is 12.5 Å². The summed E-state index contributed by atoms with van der Waals surface area (Å²) in [5.74, 6) is 1.59. The van der Waals surface area contributed by atoms with Crippen LogP contribution in [0.1, 0.15) is 6.42 Å². The Hall–Kier alpha value is -3.24. The minimum atomic E-state index is -3.20. The molecular formula is C21H23N5O4S. The van der Waals surface area contributed by atoms with Crippen LogP contribution in [0, 0.1) is 0 Å². The summed E-state index contributed by atoms with van der Waals surface area (Å²) in [6, 6.07) is 11.0. The van der Waals surface area contributed by atoms with Gasteiger partial charge >= 0.3 is 0 Å². The van der Waals surface area contributed by atoms with Crippen molar-refractivity contribution in [1.29, 1.82) is 0 Å². The summed E-state index contributed by atoms with van der Waals surface area (Å²) in [5.41, 5.74) is 2.33. The molecule has 0 aliphatic carbocycles. The molecule has 0 amide bonds. The normalized spacial score (nSPS) is 16.8. The summed E-state index contributed by atoms with van der Waals surface area (Å²) < 4.78 is 36.3. The second kappa shape index (κ2) is 8.86. The van der Waals surface area contributed by atoms with Crippen molar-refractivity contribution in [3.63, 3.8) is 0 Å². The fourth-order valence-corrected chi connectivity index (χ4v) is 4.22. The Labute approximate surface area is 181 Å². The van der Waals surface area contributed by atoms with Gasteiger partial charge in [-0.15, -0.1) is 0 Å². The maximum atomic E-state index is 11.7. The maximum Gasteiger partial charge on any atom is 0.227 e. The van der Waals surface area contributed by atoms with Crippen molar-refractivity contribution in [1.82, 2.24) is 19.3 Å². The highest BCUT2D eigenvalue weighted by Gasteiger charge is 2.30. The van der Waals surface area contributed by atoms with Gasteiger partial charge in [0.05, 0.1) is 31.3 Å². The van der Waals surface area contributed by atoms with Crippen LogP contribution in [0.3, 0.4) is 0 Å². The number of pyridine rings is 1. The largest absolute Gasteiger partial charge is 0.494 e. The predicted octanol–water partition coefficient (Wildman–Crippen LogP) is 2.70. The standard InChI is InChI=1S/C21H23N5O4S/c1-29-20-12-16(30-17-8-11-26(14-17)31(2,27)28)5-6-19(20)25-21-23-10-7-18(24-21)15-4-3-9-22-13-15/h3-7,9-10,12-13,17H,8,11,14H2,1-2H3,(H,23,24,25)/t17-/m1/s1. The number of rotatable bonds is 7. The lowest BCUT2D eigenvalue weighted by Crippen LogP contribution is -2.29. The van der Waals surface area contributed by atoms with Gasteiger partial charge in [-0.25, -0.2) is 18.4 Å². The molecule has 162 valence electrons. The smallest absolute Gasteiger partial charge is 0.227 e. The molecule has 9 nitrogen and oxygen atoms in total. The fraction of sp³-hybridized carbons (Fsp3) is 0.286. The molecule has 1 aliphatic heterocycles. The van der Waals surface area contributed by atoms with Gasteiger partial charge in [0.15, 0.2) is 0 Å². The fourth-order valence-electron chi connectivity index (χ4n) is 3.35. The molecule has 0 radical (unpaired) electrons. The van der Waals surface area contributed by atoms with Gasteiger partial charge in [-0.05, 0) is 36.8 Å². The van der Waals surface area contributed by atoms with Crippen LogP contribution < -0.4 is 14.8 Å². The Kier molecular flexibility index (Phi) is 6.01. The molecule has 0 saturated carbocycles. The highest BCUT2D eigenvalue weighted by atomic mass is 32.2. The lowest BCUT2D eigenvalue weighted by molar-refractivity contribution is 0.215. The van der Waals surface area contributed by atoms with E-state index < -0.39 is 10.0 Å². The van der Waals surface area contributed by atoms with E-state index in [2.05, 4.69) is 20.3 Å². The van der Waals surface area contributed by atoms with Crippen LogP contribution >= 0.6 is 0 Å². The number of hydrogen-bond donors (Lipinski definition) is 1. The van der Waals surface area contributed by atoms with Crippen LogP contribution in [-0.2, 0) is 10.0 Å². The third-order valence-corrected chi connectivity index (χ3v) is 6.18. The summed E-state index contributed by atoms with van der Waals surface area (Å²) in [6.07, 6.45) is 6.79. The average molecular weight is 442 g/mol. The molecule has 0 bridgehead atoms. The van der Waals surface area contributed by atoms with Gasteiger partial charge < -0.3 is 14.8 Å². The van der Waals surface area contributed by atoms with E-state index in [1.54, 1.807) is 37.8 Å². The summed E-state index contributed by atoms with van der Waals surface area (Å²) in [6.45, 7) is 0.807. The van der Waals surface area contributed by atoms with Crippen molar-refractivity contribution < 1.29 is 17.9 Å². The molecule has 1 aromatic carbocycles. The van der Waals surface area contributed by atoms with Gasteiger partial charge in [0.1, 0.15) is 17.6 Å². The zero-order valence-corrected chi connectivity index (χ0v) is 18.0. The summed E-state index contributed by atoms with van der Waals surface area (Å²) in [5, 5.41) is 3.17. The number of nitrogens with one attached hydrogen (secondary N) is 1. The third kappa shape index (κ3) is 5.09. The first-order chi connectivity index (χ1) is 14.9. The maximum absolute atomic E-state index is 11.7. The zero-order chi connectivity index (χ0) is 21.8. The predicted molar refractivity (Wildman–Crippen MR) is 117 cm³/mol. The SMILES string of the molecule is COc1cc(O[C@@H]2CCN(S(C)(=O)=O)C2)ccc1Nc1nccc(-c2cccnc2)n1. The minimum absolute atomic E-state index is 0.197. The van der Waals surface area contributed by atoms with Gasteiger partial charge in [-0.3, -0.25) is 4.98 Å². The van der Waals surface area contributed by atoms with E-state index in [0.717, 1.165) is 11.3 Å². The van der Waals surface area contributed by atoms with E-state index in [9.17, 15) is 8.42 Å². The van der Waals surface area contributed by atoms with Crippen LogP contribution in [0.2, 0.25) is 0 Å². The molecule has 2 aromatic heterocycles. The first-order valence-corrected chi connectivity index (χ1v) is 11.6. The Morgan fingerprint density at radius 1 is 1.19 bits per heavy atom. The number of nitrogens with zero attached hydrogens (tertiary/aromatic N) is 4. The van der Waals surface area contributed by atoms with Crippen LogP contribution in [0.25, 0.3) is 11.3 Å².